The molecular formula is C25H29N7O3. The third-order valence-corrected chi connectivity index (χ3v) is 5.87. The average molecular weight is 476 g/mol. The Hall–Kier alpha value is -4.02. The van der Waals surface area contributed by atoms with Gasteiger partial charge >= 0.3 is 5.97 Å². The van der Waals surface area contributed by atoms with Crippen molar-refractivity contribution < 1.29 is 14.7 Å². The van der Waals surface area contributed by atoms with E-state index in [-0.39, 0.29) is 6.04 Å². The zero-order valence-electron chi connectivity index (χ0n) is 19.2. The molecule has 2 heterocycles. The largest absolute Gasteiger partial charge is 0.480 e. The molecule has 2 aromatic heterocycles. The molecule has 1 unspecified atom stereocenters. The molecule has 182 valence electrons. The van der Waals surface area contributed by atoms with Crippen LogP contribution >= 0.6 is 0 Å². The number of imidazole rings is 2. The van der Waals surface area contributed by atoms with Crippen LogP contribution in [-0.2, 0) is 17.8 Å². The summed E-state index contributed by atoms with van der Waals surface area (Å²) < 4.78 is 0. The number of H-pyrrole nitrogens is 2. The van der Waals surface area contributed by atoms with Gasteiger partial charge in [-0.3, -0.25) is 4.79 Å². The Morgan fingerprint density at radius 1 is 1.00 bits per heavy atom. The molecule has 0 radical (unpaired) electrons. The number of fused-ring (bicyclic) bond motifs is 1. The molecule has 10 heteroatoms. The standard InChI is InChI=1S/C25H29N7O3/c26-20(14-22-28-10-11-29-22)18-7-8-19(17-5-2-1-4-16(17)18)24(33)32-21(25(34)35)6-3-9-27-15-23-30-12-13-31-23/h1-2,4-5,7-8,10-13,20-21,27H,3,6,9,14-15,26H2,(H,28,29)(H,30,31)(H,32,33)(H,34,35)/t20?,21-/m0/s1. The van der Waals surface area contributed by atoms with Gasteiger partial charge in [0.15, 0.2) is 0 Å². The maximum Gasteiger partial charge on any atom is 0.326 e. The van der Waals surface area contributed by atoms with E-state index in [0.29, 0.717) is 37.9 Å². The SMILES string of the molecule is NC(Cc1ncc[nH]1)c1ccc(C(=O)N[C@@H](CCCNCc2ncc[nH]2)C(=O)O)c2ccccc12. The lowest BCUT2D eigenvalue weighted by atomic mass is 9.93. The maximum atomic E-state index is 13.1. The van der Waals surface area contributed by atoms with Gasteiger partial charge in [0.05, 0.1) is 6.54 Å². The van der Waals surface area contributed by atoms with Crippen molar-refractivity contribution in [2.24, 2.45) is 5.73 Å². The lowest BCUT2D eigenvalue weighted by Gasteiger charge is -2.18. The van der Waals surface area contributed by atoms with Crippen LogP contribution in [0.25, 0.3) is 10.8 Å². The molecule has 0 aliphatic rings. The van der Waals surface area contributed by atoms with Gasteiger partial charge in [-0.2, -0.15) is 0 Å². The van der Waals surface area contributed by atoms with Gasteiger partial charge < -0.3 is 31.4 Å². The number of hydrogen-bond acceptors (Lipinski definition) is 6. The minimum absolute atomic E-state index is 0.302. The third-order valence-electron chi connectivity index (χ3n) is 5.87. The highest BCUT2D eigenvalue weighted by atomic mass is 16.4. The minimum atomic E-state index is -1.06. The summed E-state index contributed by atoms with van der Waals surface area (Å²) in [7, 11) is 0. The monoisotopic (exact) mass is 475 g/mol. The number of benzene rings is 2. The van der Waals surface area contributed by atoms with Crippen LogP contribution in [-0.4, -0.2) is 49.5 Å². The van der Waals surface area contributed by atoms with Crippen molar-refractivity contribution in [3.63, 3.8) is 0 Å². The minimum Gasteiger partial charge on any atom is -0.480 e. The summed E-state index contributed by atoms with van der Waals surface area (Å²) in [5.74, 6) is 0.104. The first-order valence-electron chi connectivity index (χ1n) is 11.5. The van der Waals surface area contributed by atoms with Gasteiger partial charge in [-0.1, -0.05) is 30.3 Å². The third kappa shape index (κ3) is 6.11. The average Bonchev–Trinajstić information content (AvgIpc) is 3.56. The smallest absolute Gasteiger partial charge is 0.326 e. The summed E-state index contributed by atoms with van der Waals surface area (Å²) >= 11 is 0. The molecule has 2 aromatic carbocycles. The van der Waals surface area contributed by atoms with Gasteiger partial charge in [-0.05, 0) is 41.8 Å². The lowest BCUT2D eigenvalue weighted by molar-refractivity contribution is -0.139. The summed E-state index contributed by atoms with van der Waals surface area (Å²) in [4.78, 5) is 39.3. The molecule has 1 amide bonds. The molecule has 0 spiro atoms. The molecule has 4 rings (SSSR count). The predicted molar refractivity (Wildman–Crippen MR) is 132 cm³/mol. The molecule has 35 heavy (non-hydrogen) atoms. The Labute approximate surface area is 202 Å². The Bertz CT molecular complexity index is 1260. The van der Waals surface area contributed by atoms with Crippen molar-refractivity contribution in [2.75, 3.05) is 6.54 Å². The molecule has 10 nitrogen and oxygen atoms in total. The number of carbonyl (C=O) groups is 2. The van der Waals surface area contributed by atoms with E-state index >= 15 is 0 Å². The molecule has 0 fully saturated rings. The van der Waals surface area contributed by atoms with E-state index in [1.54, 1.807) is 30.9 Å². The van der Waals surface area contributed by atoms with Crippen LogP contribution in [0.4, 0.5) is 0 Å². The quantitative estimate of drug-likeness (QED) is 0.171. The predicted octanol–water partition coefficient (Wildman–Crippen LogP) is 2.28. The van der Waals surface area contributed by atoms with Crippen molar-refractivity contribution in [2.45, 2.75) is 37.9 Å². The summed E-state index contributed by atoms with van der Waals surface area (Å²) in [5.41, 5.74) is 7.77. The number of carboxylic acid groups (broad SMARTS) is 1. The second-order valence-electron chi connectivity index (χ2n) is 8.31. The second-order valence-corrected chi connectivity index (χ2v) is 8.31. The Balaban J connectivity index is 1.42. The maximum absolute atomic E-state index is 13.1. The Morgan fingerprint density at radius 2 is 1.71 bits per heavy atom. The molecule has 7 N–H and O–H groups in total. The number of amides is 1. The van der Waals surface area contributed by atoms with Crippen molar-refractivity contribution in [1.29, 1.82) is 0 Å². The molecule has 0 aliphatic carbocycles. The number of aromatic amines is 2. The summed E-state index contributed by atoms with van der Waals surface area (Å²) in [5, 5.41) is 17.1. The summed E-state index contributed by atoms with van der Waals surface area (Å²) in [6, 6.07) is 9.74. The van der Waals surface area contributed by atoms with Gasteiger partial charge in [-0.15, -0.1) is 0 Å². The summed E-state index contributed by atoms with van der Waals surface area (Å²) in [6.45, 7) is 1.17. The summed E-state index contributed by atoms with van der Waals surface area (Å²) in [6.07, 6.45) is 8.27. The number of hydrogen-bond donors (Lipinski definition) is 6. The van der Waals surface area contributed by atoms with E-state index in [1.807, 2.05) is 30.3 Å². The highest BCUT2D eigenvalue weighted by Gasteiger charge is 2.22. The van der Waals surface area contributed by atoms with Gasteiger partial charge in [0.1, 0.15) is 17.7 Å². The van der Waals surface area contributed by atoms with Crippen LogP contribution in [0.2, 0.25) is 0 Å². The number of rotatable bonds is 12. The van der Waals surface area contributed by atoms with Gasteiger partial charge in [0.2, 0.25) is 0 Å². The van der Waals surface area contributed by atoms with Gasteiger partial charge in [0, 0.05) is 42.8 Å². The fourth-order valence-electron chi connectivity index (χ4n) is 4.10. The van der Waals surface area contributed by atoms with E-state index in [0.717, 1.165) is 28.0 Å². The van der Waals surface area contributed by atoms with Crippen molar-refractivity contribution in [1.82, 2.24) is 30.6 Å². The molecule has 4 aromatic rings. The van der Waals surface area contributed by atoms with Gasteiger partial charge in [-0.25, -0.2) is 14.8 Å². The number of carboxylic acids is 1. The van der Waals surface area contributed by atoms with Crippen molar-refractivity contribution in [3.05, 3.63) is 84.0 Å². The van der Waals surface area contributed by atoms with Crippen LogP contribution in [0.3, 0.4) is 0 Å². The van der Waals surface area contributed by atoms with Crippen LogP contribution in [0.15, 0.2) is 61.2 Å². The van der Waals surface area contributed by atoms with E-state index in [1.165, 1.54) is 0 Å². The normalized spacial score (nSPS) is 12.9. The van der Waals surface area contributed by atoms with Crippen molar-refractivity contribution in [3.8, 4) is 0 Å². The molecule has 0 saturated carbocycles. The topological polar surface area (TPSA) is 162 Å². The Morgan fingerprint density at radius 3 is 2.40 bits per heavy atom. The molecular weight excluding hydrogens is 446 g/mol. The molecule has 0 bridgehead atoms. The number of nitrogens with two attached hydrogens (primary N) is 1. The number of nitrogens with one attached hydrogen (secondary N) is 4. The number of aliphatic carboxylic acids is 1. The van der Waals surface area contributed by atoms with Crippen LogP contribution < -0.4 is 16.4 Å². The van der Waals surface area contributed by atoms with Crippen molar-refractivity contribution >= 4 is 22.6 Å². The Kier molecular flexibility index (Phi) is 7.86. The first kappa shape index (κ1) is 24.1. The highest BCUT2D eigenvalue weighted by Crippen LogP contribution is 2.28. The number of carbonyl (C=O) groups excluding carboxylic acids is 1. The molecule has 0 aliphatic heterocycles. The van der Waals surface area contributed by atoms with E-state index in [2.05, 4.69) is 30.6 Å². The lowest BCUT2D eigenvalue weighted by Crippen LogP contribution is -2.41. The zero-order valence-corrected chi connectivity index (χ0v) is 19.2. The van der Waals surface area contributed by atoms with Crippen LogP contribution in [0, 0.1) is 0 Å². The fourth-order valence-corrected chi connectivity index (χ4v) is 4.10. The first-order valence-corrected chi connectivity index (χ1v) is 11.5. The molecule has 0 saturated heterocycles. The van der Waals surface area contributed by atoms with Gasteiger partial charge in [0.25, 0.3) is 5.91 Å². The zero-order chi connectivity index (χ0) is 24.6. The fraction of sp³-hybridized carbons (Fsp3) is 0.280. The second kappa shape index (κ2) is 11.4. The van der Waals surface area contributed by atoms with E-state index < -0.39 is 17.9 Å². The van der Waals surface area contributed by atoms with E-state index in [9.17, 15) is 14.7 Å². The van der Waals surface area contributed by atoms with E-state index in [4.69, 9.17) is 5.73 Å². The number of aromatic nitrogens is 4. The number of nitrogens with zero attached hydrogens (tertiary/aromatic N) is 2. The van der Waals surface area contributed by atoms with Crippen LogP contribution in [0.1, 0.15) is 46.5 Å². The molecule has 2 atom stereocenters. The van der Waals surface area contributed by atoms with Crippen LogP contribution in [0.5, 0.6) is 0 Å². The highest BCUT2D eigenvalue weighted by molar-refractivity contribution is 6.08. The first-order chi connectivity index (χ1) is 17.0.